The second-order valence-corrected chi connectivity index (χ2v) is 4.16. The molecule has 0 radical (unpaired) electrons. The van der Waals surface area contributed by atoms with Gasteiger partial charge in [0, 0.05) is 5.69 Å². The van der Waals surface area contributed by atoms with E-state index in [1.807, 2.05) is 24.3 Å². The molecule has 0 fully saturated rings. The number of para-hydroxylation sites is 2. The van der Waals surface area contributed by atoms with Crippen LogP contribution in [0.4, 0.5) is 17.1 Å². The predicted octanol–water partition coefficient (Wildman–Crippen LogP) is 3.96. The molecule has 0 spiro atoms. The fourth-order valence-corrected chi connectivity index (χ4v) is 1.81. The molecule has 2 aromatic rings. The Bertz CT molecular complexity index is 475. The number of nitrogens with one attached hydrogen (secondary N) is 1. The third-order valence-electron chi connectivity index (χ3n) is 2.73. The Kier molecular flexibility index (Phi) is 3.66. The Labute approximate surface area is 102 Å². The van der Waals surface area contributed by atoms with Gasteiger partial charge in [0.05, 0.1) is 11.4 Å². The van der Waals surface area contributed by atoms with Crippen LogP contribution in [0.15, 0.2) is 48.5 Å². The van der Waals surface area contributed by atoms with Crippen LogP contribution in [0.3, 0.4) is 0 Å². The Morgan fingerprint density at radius 1 is 1.00 bits per heavy atom. The summed E-state index contributed by atoms with van der Waals surface area (Å²) in [5.74, 6) is 0. The van der Waals surface area contributed by atoms with Crippen LogP contribution in [-0.4, -0.2) is 0 Å². The van der Waals surface area contributed by atoms with Crippen molar-refractivity contribution in [3.05, 3.63) is 54.1 Å². The third kappa shape index (κ3) is 3.00. The van der Waals surface area contributed by atoms with Crippen molar-refractivity contribution in [1.82, 2.24) is 0 Å². The molecule has 2 aromatic carbocycles. The van der Waals surface area contributed by atoms with Gasteiger partial charge in [-0.05, 0) is 36.2 Å². The maximum atomic E-state index is 5.88. The van der Waals surface area contributed by atoms with Crippen LogP contribution >= 0.6 is 0 Å². The van der Waals surface area contributed by atoms with Crippen molar-refractivity contribution in [3.63, 3.8) is 0 Å². The lowest BCUT2D eigenvalue weighted by Crippen LogP contribution is -1.95. The van der Waals surface area contributed by atoms with Gasteiger partial charge in [0.15, 0.2) is 0 Å². The van der Waals surface area contributed by atoms with Gasteiger partial charge in [-0.25, -0.2) is 0 Å². The van der Waals surface area contributed by atoms with Crippen molar-refractivity contribution in [2.45, 2.75) is 19.8 Å². The number of hydrogen-bond donors (Lipinski definition) is 2. The molecule has 0 saturated heterocycles. The summed E-state index contributed by atoms with van der Waals surface area (Å²) in [5.41, 5.74) is 10.1. The van der Waals surface area contributed by atoms with Crippen LogP contribution in [0, 0.1) is 0 Å². The average Bonchev–Trinajstić information content (AvgIpc) is 2.35. The highest BCUT2D eigenvalue weighted by molar-refractivity contribution is 5.72. The molecule has 2 rings (SSSR count). The van der Waals surface area contributed by atoms with Gasteiger partial charge in [-0.1, -0.05) is 37.6 Å². The summed E-state index contributed by atoms with van der Waals surface area (Å²) < 4.78 is 0. The van der Waals surface area contributed by atoms with Gasteiger partial charge < -0.3 is 11.1 Å². The van der Waals surface area contributed by atoms with Gasteiger partial charge in [0.25, 0.3) is 0 Å². The molecule has 0 aliphatic rings. The van der Waals surface area contributed by atoms with Crippen molar-refractivity contribution >= 4 is 17.1 Å². The summed E-state index contributed by atoms with van der Waals surface area (Å²) in [5, 5.41) is 3.32. The van der Waals surface area contributed by atoms with Crippen LogP contribution < -0.4 is 11.1 Å². The van der Waals surface area contributed by atoms with Gasteiger partial charge in [0.2, 0.25) is 0 Å². The first-order chi connectivity index (χ1) is 8.29. The highest BCUT2D eigenvalue weighted by Crippen LogP contribution is 2.22. The lowest BCUT2D eigenvalue weighted by Gasteiger charge is -2.09. The van der Waals surface area contributed by atoms with E-state index in [9.17, 15) is 0 Å². The Hall–Kier alpha value is -1.96. The first-order valence-electron chi connectivity index (χ1n) is 6.00. The monoisotopic (exact) mass is 226 g/mol. The van der Waals surface area contributed by atoms with E-state index >= 15 is 0 Å². The number of anilines is 3. The number of hydrogen-bond acceptors (Lipinski definition) is 2. The molecular weight excluding hydrogens is 208 g/mol. The average molecular weight is 226 g/mol. The highest BCUT2D eigenvalue weighted by Gasteiger charge is 1.98. The van der Waals surface area contributed by atoms with Crippen LogP contribution in [0.1, 0.15) is 18.9 Å². The summed E-state index contributed by atoms with van der Waals surface area (Å²) in [6.07, 6.45) is 2.31. The molecule has 0 aliphatic carbocycles. The van der Waals surface area contributed by atoms with Gasteiger partial charge in [-0.15, -0.1) is 0 Å². The lowest BCUT2D eigenvalue weighted by molar-refractivity contribution is 0.922. The SMILES string of the molecule is CCCc1ccc(Nc2ccccc2N)cc1. The molecule has 17 heavy (non-hydrogen) atoms. The van der Waals surface area contributed by atoms with E-state index < -0.39 is 0 Å². The summed E-state index contributed by atoms with van der Waals surface area (Å²) in [7, 11) is 0. The number of nitrogen functional groups attached to an aromatic ring is 1. The molecular formula is C15H18N2. The second-order valence-electron chi connectivity index (χ2n) is 4.16. The fraction of sp³-hybridized carbons (Fsp3) is 0.200. The number of aryl methyl sites for hydroxylation is 1. The first kappa shape index (κ1) is 11.5. The van der Waals surface area contributed by atoms with E-state index in [2.05, 4.69) is 36.5 Å². The zero-order valence-electron chi connectivity index (χ0n) is 10.1. The minimum absolute atomic E-state index is 0.769. The molecule has 3 N–H and O–H groups in total. The third-order valence-corrected chi connectivity index (χ3v) is 2.73. The van der Waals surface area contributed by atoms with Gasteiger partial charge in [0.1, 0.15) is 0 Å². The topological polar surface area (TPSA) is 38.0 Å². The maximum Gasteiger partial charge on any atom is 0.0617 e. The summed E-state index contributed by atoms with van der Waals surface area (Å²) in [4.78, 5) is 0. The molecule has 2 nitrogen and oxygen atoms in total. The van der Waals surface area contributed by atoms with Crippen LogP contribution in [0.5, 0.6) is 0 Å². The van der Waals surface area contributed by atoms with Gasteiger partial charge in [-0.3, -0.25) is 0 Å². The minimum Gasteiger partial charge on any atom is -0.397 e. The Morgan fingerprint density at radius 3 is 2.35 bits per heavy atom. The minimum atomic E-state index is 0.769. The predicted molar refractivity (Wildman–Crippen MR) is 74.6 cm³/mol. The molecule has 0 unspecified atom stereocenters. The van der Waals surface area contributed by atoms with Crippen molar-refractivity contribution in [1.29, 1.82) is 0 Å². The van der Waals surface area contributed by atoms with Crippen molar-refractivity contribution in [2.75, 3.05) is 11.1 Å². The van der Waals surface area contributed by atoms with Crippen molar-refractivity contribution < 1.29 is 0 Å². The number of benzene rings is 2. The first-order valence-corrected chi connectivity index (χ1v) is 6.00. The zero-order valence-corrected chi connectivity index (χ0v) is 10.1. The largest absolute Gasteiger partial charge is 0.397 e. The Morgan fingerprint density at radius 2 is 1.71 bits per heavy atom. The molecule has 0 bridgehead atoms. The van der Waals surface area contributed by atoms with Gasteiger partial charge in [-0.2, -0.15) is 0 Å². The zero-order chi connectivity index (χ0) is 12.1. The summed E-state index contributed by atoms with van der Waals surface area (Å²) in [6, 6.07) is 16.3. The molecule has 2 heteroatoms. The maximum absolute atomic E-state index is 5.88. The molecule has 88 valence electrons. The van der Waals surface area contributed by atoms with E-state index in [-0.39, 0.29) is 0 Å². The van der Waals surface area contributed by atoms with E-state index in [0.717, 1.165) is 23.5 Å². The van der Waals surface area contributed by atoms with E-state index in [1.165, 1.54) is 12.0 Å². The number of rotatable bonds is 4. The normalized spacial score (nSPS) is 10.2. The summed E-state index contributed by atoms with van der Waals surface area (Å²) in [6.45, 7) is 2.19. The van der Waals surface area contributed by atoms with Gasteiger partial charge >= 0.3 is 0 Å². The van der Waals surface area contributed by atoms with E-state index in [4.69, 9.17) is 5.73 Å². The second kappa shape index (κ2) is 5.39. The fourth-order valence-electron chi connectivity index (χ4n) is 1.81. The Balaban J connectivity index is 2.11. The molecule has 0 heterocycles. The molecule has 0 amide bonds. The van der Waals surface area contributed by atoms with E-state index in [0.29, 0.717) is 0 Å². The smallest absolute Gasteiger partial charge is 0.0617 e. The standard InChI is InChI=1S/C15H18N2/c1-2-5-12-8-10-13(11-9-12)17-15-7-4-3-6-14(15)16/h3-4,6-11,17H,2,5,16H2,1H3. The molecule has 0 aliphatic heterocycles. The van der Waals surface area contributed by atoms with Crippen LogP contribution in [0.2, 0.25) is 0 Å². The molecule has 0 saturated carbocycles. The summed E-state index contributed by atoms with van der Waals surface area (Å²) >= 11 is 0. The lowest BCUT2D eigenvalue weighted by atomic mass is 10.1. The number of nitrogens with two attached hydrogens (primary N) is 1. The van der Waals surface area contributed by atoms with Crippen LogP contribution in [-0.2, 0) is 6.42 Å². The quantitative estimate of drug-likeness (QED) is 0.774. The van der Waals surface area contributed by atoms with Crippen LogP contribution in [0.25, 0.3) is 0 Å². The molecule has 0 aromatic heterocycles. The molecule has 0 atom stereocenters. The van der Waals surface area contributed by atoms with Crippen molar-refractivity contribution in [2.24, 2.45) is 0 Å². The van der Waals surface area contributed by atoms with E-state index in [1.54, 1.807) is 0 Å². The highest BCUT2D eigenvalue weighted by atomic mass is 14.9. The van der Waals surface area contributed by atoms with Crippen molar-refractivity contribution in [3.8, 4) is 0 Å².